The van der Waals surface area contributed by atoms with Crippen molar-refractivity contribution in [3.63, 3.8) is 0 Å². The minimum atomic E-state index is -0.584. The second-order valence-electron chi connectivity index (χ2n) is 9.03. The van der Waals surface area contributed by atoms with Crippen molar-refractivity contribution in [1.82, 2.24) is 4.57 Å². The smallest absolute Gasteiger partial charge is 0.340 e. The molecule has 2 heterocycles. The van der Waals surface area contributed by atoms with Crippen molar-refractivity contribution in [2.45, 2.75) is 27.7 Å². The van der Waals surface area contributed by atoms with Gasteiger partial charge in [-0.3, -0.25) is 9.69 Å². The van der Waals surface area contributed by atoms with Gasteiger partial charge in [0.2, 0.25) is 0 Å². The third-order valence-corrected chi connectivity index (χ3v) is 6.76. The fourth-order valence-electron chi connectivity index (χ4n) is 4.89. The number of rotatable bonds is 7. The third kappa shape index (κ3) is 4.42. The molecule has 198 valence electrons. The fourth-order valence-corrected chi connectivity index (χ4v) is 4.89. The first kappa shape index (κ1) is 26.6. The van der Waals surface area contributed by atoms with Crippen LogP contribution in [0.1, 0.15) is 29.4 Å². The van der Waals surface area contributed by atoms with E-state index in [1.807, 2.05) is 39.0 Å². The van der Waals surface area contributed by atoms with E-state index in [1.54, 1.807) is 45.4 Å². The lowest BCUT2D eigenvalue weighted by Crippen LogP contribution is -2.24. The van der Waals surface area contributed by atoms with Crippen LogP contribution in [-0.4, -0.2) is 44.9 Å². The molecule has 4 rings (SSSR count). The first-order chi connectivity index (χ1) is 18.2. The monoisotopic (exact) mass is 516 g/mol. The number of hydrogen-bond donors (Lipinski definition) is 0. The number of allylic oxidation sites excluding steroid dienone is 1. The SMILES string of the molecule is COC(=O)C1=C(C)N(c2ccc(OC)c(OC)c2)C(=O)/C1=C\c1cc(C)n(-c2cc(C)ccc2OC)c1C. The molecule has 8 heteroatoms. The first-order valence-corrected chi connectivity index (χ1v) is 12.1. The lowest BCUT2D eigenvalue weighted by molar-refractivity contribution is -0.136. The van der Waals surface area contributed by atoms with E-state index in [1.165, 1.54) is 19.1 Å². The van der Waals surface area contributed by atoms with Crippen LogP contribution in [0.5, 0.6) is 17.2 Å². The minimum Gasteiger partial charge on any atom is -0.495 e. The highest BCUT2D eigenvalue weighted by Crippen LogP contribution is 2.40. The number of nitrogens with zero attached hydrogens (tertiary/aromatic N) is 2. The van der Waals surface area contributed by atoms with Crippen LogP contribution in [0, 0.1) is 20.8 Å². The Morgan fingerprint density at radius 3 is 2.11 bits per heavy atom. The maximum absolute atomic E-state index is 13.8. The summed E-state index contributed by atoms with van der Waals surface area (Å²) in [7, 11) is 6.02. The van der Waals surface area contributed by atoms with Crippen molar-refractivity contribution in [2.75, 3.05) is 33.3 Å². The van der Waals surface area contributed by atoms with Gasteiger partial charge in [0.25, 0.3) is 5.91 Å². The number of anilines is 1. The molecular weight excluding hydrogens is 484 g/mol. The Morgan fingerprint density at radius 2 is 1.47 bits per heavy atom. The average molecular weight is 517 g/mol. The van der Waals surface area contributed by atoms with Crippen molar-refractivity contribution in [3.05, 3.63) is 81.8 Å². The Morgan fingerprint density at radius 1 is 0.816 bits per heavy atom. The summed E-state index contributed by atoms with van der Waals surface area (Å²) in [6, 6.07) is 13.1. The predicted molar refractivity (Wildman–Crippen MR) is 146 cm³/mol. The standard InChI is InChI=1S/C30H32N2O6/c1-17-9-11-25(35-5)24(13-17)31-18(2)14-21(19(31)3)15-23-28(30(34)38-8)20(4)32(29(23)33)22-10-12-26(36-6)27(16-22)37-7/h9-16H,1-8H3/b23-15-. The van der Waals surface area contributed by atoms with E-state index >= 15 is 0 Å². The van der Waals surface area contributed by atoms with Crippen LogP contribution in [-0.2, 0) is 14.3 Å². The number of aryl methyl sites for hydroxylation is 2. The molecule has 0 saturated heterocycles. The molecule has 1 amide bonds. The maximum Gasteiger partial charge on any atom is 0.340 e. The molecule has 1 aliphatic heterocycles. The molecule has 2 aromatic carbocycles. The van der Waals surface area contributed by atoms with Crippen LogP contribution in [0.2, 0.25) is 0 Å². The molecule has 0 bridgehead atoms. The van der Waals surface area contributed by atoms with Gasteiger partial charge in [-0.05, 0) is 75.2 Å². The average Bonchev–Trinajstić information content (AvgIpc) is 3.33. The number of esters is 1. The molecule has 0 atom stereocenters. The van der Waals surface area contributed by atoms with Crippen molar-refractivity contribution < 1.29 is 28.5 Å². The Bertz CT molecular complexity index is 1490. The minimum absolute atomic E-state index is 0.213. The van der Waals surface area contributed by atoms with E-state index in [0.29, 0.717) is 22.9 Å². The molecule has 0 saturated carbocycles. The summed E-state index contributed by atoms with van der Waals surface area (Å²) in [5.41, 5.74) is 6.13. The quantitative estimate of drug-likeness (QED) is 0.313. The van der Waals surface area contributed by atoms with Crippen molar-refractivity contribution in [1.29, 1.82) is 0 Å². The van der Waals surface area contributed by atoms with E-state index in [9.17, 15) is 9.59 Å². The summed E-state index contributed by atoms with van der Waals surface area (Å²) in [5.74, 6) is 0.817. The summed E-state index contributed by atoms with van der Waals surface area (Å²) in [5, 5.41) is 0. The molecule has 8 nitrogen and oxygen atoms in total. The number of aromatic nitrogens is 1. The number of carbonyl (C=O) groups is 2. The molecule has 38 heavy (non-hydrogen) atoms. The summed E-state index contributed by atoms with van der Waals surface area (Å²) >= 11 is 0. The van der Waals surface area contributed by atoms with Crippen LogP contribution < -0.4 is 19.1 Å². The van der Waals surface area contributed by atoms with Gasteiger partial charge < -0.3 is 23.5 Å². The Labute approximate surface area is 222 Å². The van der Waals surface area contributed by atoms with Crippen LogP contribution in [0.3, 0.4) is 0 Å². The summed E-state index contributed by atoms with van der Waals surface area (Å²) in [6.07, 6.45) is 1.75. The van der Waals surface area contributed by atoms with Crippen LogP contribution >= 0.6 is 0 Å². The van der Waals surface area contributed by atoms with Gasteiger partial charge in [0.05, 0.1) is 51.0 Å². The normalized spacial score (nSPS) is 14.4. The largest absolute Gasteiger partial charge is 0.495 e. The number of methoxy groups -OCH3 is 4. The lowest BCUT2D eigenvalue weighted by Gasteiger charge is -2.19. The van der Waals surface area contributed by atoms with E-state index in [0.717, 1.165) is 34.0 Å². The molecule has 1 aliphatic rings. The number of amides is 1. The second kappa shape index (κ2) is 10.5. The van der Waals surface area contributed by atoms with Gasteiger partial charge in [-0.1, -0.05) is 6.07 Å². The number of benzene rings is 2. The van der Waals surface area contributed by atoms with E-state index in [-0.39, 0.29) is 17.1 Å². The summed E-state index contributed by atoms with van der Waals surface area (Å²) in [6.45, 7) is 7.71. The number of carbonyl (C=O) groups excluding carboxylic acids is 2. The Balaban J connectivity index is 1.87. The van der Waals surface area contributed by atoms with Gasteiger partial charge in [0.15, 0.2) is 11.5 Å². The zero-order valence-electron chi connectivity index (χ0n) is 23.0. The van der Waals surface area contributed by atoms with Gasteiger partial charge in [-0.2, -0.15) is 0 Å². The molecule has 0 radical (unpaired) electrons. The zero-order chi connectivity index (χ0) is 27.7. The maximum atomic E-state index is 13.8. The zero-order valence-corrected chi connectivity index (χ0v) is 23.0. The van der Waals surface area contributed by atoms with Gasteiger partial charge in [-0.25, -0.2) is 4.79 Å². The van der Waals surface area contributed by atoms with E-state index < -0.39 is 5.97 Å². The fraction of sp³-hybridized carbons (Fsp3) is 0.267. The van der Waals surface area contributed by atoms with E-state index in [4.69, 9.17) is 18.9 Å². The van der Waals surface area contributed by atoms with Crippen molar-refractivity contribution in [2.24, 2.45) is 0 Å². The summed E-state index contributed by atoms with van der Waals surface area (Å²) < 4.78 is 23.5. The second-order valence-corrected chi connectivity index (χ2v) is 9.03. The van der Waals surface area contributed by atoms with Crippen LogP contribution in [0.25, 0.3) is 11.8 Å². The predicted octanol–water partition coefficient (Wildman–Crippen LogP) is 5.31. The molecule has 0 aliphatic carbocycles. The highest BCUT2D eigenvalue weighted by atomic mass is 16.5. The molecule has 3 aromatic rings. The molecule has 0 unspecified atom stereocenters. The van der Waals surface area contributed by atoms with Gasteiger partial charge in [-0.15, -0.1) is 0 Å². The van der Waals surface area contributed by atoms with Crippen molar-refractivity contribution in [3.8, 4) is 22.9 Å². The van der Waals surface area contributed by atoms with Gasteiger partial charge in [0.1, 0.15) is 5.75 Å². The van der Waals surface area contributed by atoms with Gasteiger partial charge >= 0.3 is 5.97 Å². The molecule has 0 N–H and O–H groups in total. The highest BCUT2D eigenvalue weighted by molar-refractivity contribution is 6.24. The number of hydrogen-bond acceptors (Lipinski definition) is 6. The molecule has 1 aromatic heterocycles. The molecular formula is C30H32N2O6. The van der Waals surface area contributed by atoms with Gasteiger partial charge in [0, 0.05) is 23.2 Å². The Hall–Kier alpha value is -4.46. The Kier molecular flexibility index (Phi) is 7.35. The topological polar surface area (TPSA) is 79.2 Å². The summed E-state index contributed by atoms with van der Waals surface area (Å²) in [4.78, 5) is 28.2. The third-order valence-electron chi connectivity index (χ3n) is 6.76. The highest BCUT2D eigenvalue weighted by Gasteiger charge is 2.38. The first-order valence-electron chi connectivity index (χ1n) is 12.1. The molecule has 0 spiro atoms. The van der Waals surface area contributed by atoms with Crippen LogP contribution in [0.15, 0.2) is 59.3 Å². The van der Waals surface area contributed by atoms with Crippen LogP contribution in [0.4, 0.5) is 5.69 Å². The van der Waals surface area contributed by atoms with Crippen molar-refractivity contribution >= 4 is 23.6 Å². The lowest BCUT2D eigenvalue weighted by atomic mass is 10.0. The number of ether oxygens (including phenoxy) is 4. The molecule has 0 fully saturated rings. The van der Waals surface area contributed by atoms with E-state index in [2.05, 4.69) is 10.6 Å².